The van der Waals surface area contributed by atoms with E-state index in [9.17, 15) is 0 Å². The molecule has 1 aliphatic heterocycles. The Morgan fingerprint density at radius 2 is 2.46 bits per heavy atom. The Balaban J connectivity index is 2.36. The summed E-state index contributed by atoms with van der Waals surface area (Å²) < 4.78 is 7.27. The number of nitrogens with two attached hydrogens (primary N) is 1. The maximum Gasteiger partial charge on any atom is 0.0917 e. The average Bonchev–Trinajstić information content (AvgIpc) is 2.44. The molecule has 0 radical (unpaired) electrons. The second-order valence-corrected chi connectivity index (χ2v) is 3.34. The van der Waals surface area contributed by atoms with Crippen LogP contribution in [0.1, 0.15) is 17.0 Å². The van der Waals surface area contributed by atoms with Gasteiger partial charge in [0.2, 0.25) is 0 Å². The lowest BCUT2D eigenvalue weighted by molar-refractivity contribution is 0.108. The monoisotopic (exact) mass is 181 g/mol. The molecule has 0 unspecified atom stereocenters. The van der Waals surface area contributed by atoms with Crippen LogP contribution in [0.5, 0.6) is 0 Å². The van der Waals surface area contributed by atoms with Gasteiger partial charge in [-0.2, -0.15) is 5.10 Å². The largest absolute Gasteiger partial charge is 0.375 e. The summed E-state index contributed by atoms with van der Waals surface area (Å²) in [7, 11) is 1.98. The molecule has 4 nitrogen and oxygen atoms in total. The number of nitrogens with zero attached hydrogens (tertiary/aromatic N) is 2. The van der Waals surface area contributed by atoms with E-state index >= 15 is 0 Å². The van der Waals surface area contributed by atoms with Crippen molar-refractivity contribution in [1.82, 2.24) is 9.78 Å². The fourth-order valence-corrected chi connectivity index (χ4v) is 1.86. The van der Waals surface area contributed by atoms with Gasteiger partial charge >= 0.3 is 0 Å². The molecule has 1 aromatic rings. The highest BCUT2D eigenvalue weighted by Crippen LogP contribution is 2.19. The van der Waals surface area contributed by atoms with Crippen molar-refractivity contribution in [2.75, 3.05) is 13.2 Å². The first-order chi connectivity index (χ1) is 6.33. The quantitative estimate of drug-likeness (QED) is 0.698. The van der Waals surface area contributed by atoms with E-state index in [2.05, 4.69) is 5.10 Å². The lowest BCUT2D eigenvalue weighted by Gasteiger charge is -2.11. The van der Waals surface area contributed by atoms with Crippen LogP contribution in [0.4, 0.5) is 0 Å². The minimum Gasteiger partial charge on any atom is -0.375 e. The molecule has 0 bridgehead atoms. The smallest absolute Gasteiger partial charge is 0.0917 e. The van der Waals surface area contributed by atoms with Gasteiger partial charge in [-0.3, -0.25) is 4.68 Å². The van der Waals surface area contributed by atoms with Gasteiger partial charge in [-0.25, -0.2) is 0 Å². The van der Waals surface area contributed by atoms with E-state index < -0.39 is 0 Å². The highest BCUT2D eigenvalue weighted by atomic mass is 16.5. The van der Waals surface area contributed by atoms with Crippen molar-refractivity contribution >= 4 is 0 Å². The minimum atomic E-state index is 0.660. The molecule has 2 heterocycles. The zero-order chi connectivity index (χ0) is 9.26. The van der Waals surface area contributed by atoms with Crippen LogP contribution in [-0.4, -0.2) is 22.9 Å². The Kier molecular flexibility index (Phi) is 2.33. The van der Waals surface area contributed by atoms with Crippen LogP contribution in [-0.2, 0) is 31.2 Å². The SMILES string of the molecule is Cn1nc2c(c1CCN)CCOC2. The molecule has 2 rings (SSSR count). The van der Waals surface area contributed by atoms with Crippen molar-refractivity contribution in [2.45, 2.75) is 19.4 Å². The Morgan fingerprint density at radius 1 is 1.62 bits per heavy atom. The van der Waals surface area contributed by atoms with Crippen LogP contribution < -0.4 is 5.73 Å². The van der Waals surface area contributed by atoms with E-state index in [1.54, 1.807) is 0 Å². The molecule has 0 amide bonds. The van der Waals surface area contributed by atoms with Gasteiger partial charge in [-0.15, -0.1) is 0 Å². The Morgan fingerprint density at radius 3 is 3.23 bits per heavy atom. The van der Waals surface area contributed by atoms with E-state index in [1.165, 1.54) is 11.3 Å². The number of aromatic nitrogens is 2. The highest BCUT2D eigenvalue weighted by molar-refractivity contribution is 5.27. The van der Waals surface area contributed by atoms with Crippen LogP contribution in [0, 0.1) is 0 Å². The summed E-state index contributed by atoms with van der Waals surface area (Å²) in [4.78, 5) is 0. The van der Waals surface area contributed by atoms with Crippen molar-refractivity contribution in [2.24, 2.45) is 12.8 Å². The summed E-state index contributed by atoms with van der Waals surface area (Å²) in [6, 6.07) is 0. The Labute approximate surface area is 77.7 Å². The van der Waals surface area contributed by atoms with E-state index in [0.29, 0.717) is 13.2 Å². The van der Waals surface area contributed by atoms with E-state index in [-0.39, 0.29) is 0 Å². The summed E-state index contributed by atoms with van der Waals surface area (Å²) in [5.41, 5.74) is 9.28. The van der Waals surface area contributed by atoms with Gasteiger partial charge in [-0.1, -0.05) is 0 Å². The fourth-order valence-electron chi connectivity index (χ4n) is 1.86. The van der Waals surface area contributed by atoms with Crippen molar-refractivity contribution in [3.8, 4) is 0 Å². The zero-order valence-electron chi connectivity index (χ0n) is 7.92. The topological polar surface area (TPSA) is 53.1 Å². The van der Waals surface area contributed by atoms with Crippen LogP contribution in [0.25, 0.3) is 0 Å². The van der Waals surface area contributed by atoms with Gasteiger partial charge < -0.3 is 10.5 Å². The molecule has 0 spiro atoms. The molecule has 0 saturated carbocycles. The van der Waals surface area contributed by atoms with Gasteiger partial charge in [0.05, 0.1) is 18.9 Å². The molecule has 2 N–H and O–H groups in total. The molecular weight excluding hydrogens is 166 g/mol. The maximum atomic E-state index is 5.55. The normalized spacial score (nSPS) is 15.8. The molecule has 0 saturated heterocycles. The van der Waals surface area contributed by atoms with E-state index in [4.69, 9.17) is 10.5 Å². The van der Waals surface area contributed by atoms with Gasteiger partial charge in [0.15, 0.2) is 0 Å². The molecular formula is C9H15N3O. The lowest BCUT2D eigenvalue weighted by atomic mass is 10.1. The third-order valence-corrected chi connectivity index (χ3v) is 2.47. The average molecular weight is 181 g/mol. The lowest BCUT2D eigenvalue weighted by Crippen LogP contribution is -2.12. The first kappa shape index (κ1) is 8.72. The molecule has 0 aromatic carbocycles. The minimum absolute atomic E-state index is 0.660. The number of aryl methyl sites for hydroxylation is 1. The van der Waals surface area contributed by atoms with E-state index in [0.717, 1.165) is 25.1 Å². The molecule has 1 aromatic heterocycles. The number of rotatable bonds is 2. The van der Waals surface area contributed by atoms with Crippen LogP contribution in [0.15, 0.2) is 0 Å². The predicted octanol–water partition coefficient (Wildman–Crippen LogP) is -0.00600. The van der Waals surface area contributed by atoms with Crippen LogP contribution in [0.3, 0.4) is 0 Å². The predicted molar refractivity (Wildman–Crippen MR) is 49.3 cm³/mol. The molecule has 72 valence electrons. The first-order valence-corrected chi connectivity index (χ1v) is 4.64. The number of hydrogen-bond acceptors (Lipinski definition) is 3. The second kappa shape index (κ2) is 3.47. The fraction of sp³-hybridized carbons (Fsp3) is 0.667. The third-order valence-electron chi connectivity index (χ3n) is 2.47. The van der Waals surface area contributed by atoms with Crippen molar-refractivity contribution in [3.05, 3.63) is 17.0 Å². The Bertz CT molecular complexity index is 306. The highest BCUT2D eigenvalue weighted by Gasteiger charge is 2.18. The van der Waals surface area contributed by atoms with Crippen molar-refractivity contribution < 1.29 is 4.74 Å². The molecule has 13 heavy (non-hydrogen) atoms. The third kappa shape index (κ3) is 1.47. The first-order valence-electron chi connectivity index (χ1n) is 4.64. The van der Waals surface area contributed by atoms with Crippen LogP contribution in [0.2, 0.25) is 0 Å². The van der Waals surface area contributed by atoms with Gasteiger partial charge in [0, 0.05) is 24.7 Å². The molecule has 0 aliphatic carbocycles. The Hall–Kier alpha value is -0.870. The second-order valence-electron chi connectivity index (χ2n) is 3.34. The van der Waals surface area contributed by atoms with Gasteiger partial charge in [-0.05, 0) is 13.0 Å². The molecule has 1 aliphatic rings. The summed E-state index contributed by atoms with van der Waals surface area (Å²) in [6.07, 6.45) is 1.90. The van der Waals surface area contributed by atoms with Gasteiger partial charge in [0.1, 0.15) is 0 Å². The molecule has 0 atom stereocenters. The summed E-state index contributed by atoms with van der Waals surface area (Å²) in [5, 5.41) is 4.41. The summed E-state index contributed by atoms with van der Waals surface area (Å²) in [5.74, 6) is 0. The molecule has 0 fully saturated rings. The summed E-state index contributed by atoms with van der Waals surface area (Å²) in [6.45, 7) is 2.16. The van der Waals surface area contributed by atoms with Crippen molar-refractivity contribution in [1.29, 1.82) is 0 Å². The zero-order valence-corrected chi connectivity index (χ0v) is 7.92. The number of ether oxygens (including phenoxy) is 1. The standard InChI is InChI=1S/C9H15N3O/c1-12-9(2-4-10)7-3-5-13-6-8(7)11-12/h2-6,10H2,1H3. The van der Waals surface area contributed by atoms with Crippen LogP contribution >= 0.6 is 0 Å². The number of hydrogen-bond donors (Lipinski definition) is 1. The maximum absolute atomic E-state index is 5.55. The molecule has 4 heteroatoms. The number of fused-ring (bicyclic) bond motifs is 1. The van der Waals surface area contributed by atoms with Crippen molar-refractivity contribution in [3.63, 3.8) is 0 Å². The van der Waals surface area contributed by atoms with Gasteiger partial charge in [0.25, 0.3) is 0 Å². The summed E-state index contributed by atoms with van der Waals surface area (Å²) >= 11 is 0. The van der Waals surface area contributed by atoms with E-state index in [1.807, 2.05) is 11.7 Å².